The highest BCUT2D eigenvalue weighted by atomic mass is 16.5. The van der Waals surface area contributed by atoms with Crippen LogP contribution in [0.25, 0.3) is 0 Å². The molecule has 1 unspecified atom stereocenters. The highest BCUT2D eigenvalue weighted by Crippen LogP contribution is 2.31. The number of rotatable bonds is 4. The van der Waals surface area contributed by atoms with Crippen LogP contribution in [0.1, 0.15) is 54.1 Å². The zero-order valence-corrected chi connectivity index (χ0v) is 17.7. The summed E-state index contributed by atoms with van der Waals surface area (Å²) in [6.07, 6.45) is 5.11. The highest BCUT2D eigenvalue weighted by Gasteiger charge is 2.29. The molecule has 1 aliphatic heterocycles. The van der Waals surface area contributed by atoms with Gasteiger partial charge in [-0.2, -0.15) is 0 Å². The van der Waals surface area contributed by atoms with Crippen molar-refractivity contribution >= 4 is 17.5 Å². The number of hydrogen-bond donors (Lipinski definition) is 2. The topological polar surface area (TPSA) is 67.4 Å². The molecule has 1 atom stereocenters. The maximum Gasteiger partial charge on any atom is 0.255 e. The van der Waals surface area contributed by atoms with Gasteiger partial charge in [-0.3, -0.25) is 9.59 Å². The predicted octanol–water partition coefficient (Wildman–Crippen LogP) is 4.49. The van der Waals surface area contributed by atoms with Crippen LogP contribution >= 0.6 is 0 Å². The normalized spacial score (nSPS) is 23.1. The summed E-state index contributed by atoms with van der Waals surface area (Å²) >= 11 is 0. The third-order valence-corrected chi connectivity index (χ3v) is 6.24. The van der Waals surface area contributed by atoms with E-state index in [0.29, 0.717) is 24.3 Å². The average Bonchev–Trinajstić information content (AvgIpc) is 2.75. The largest absolute Gasteiger partial charge is 0.492 e. The van der Waals surface area contributed by atoms with Crippen LogP contribution in [0.4, 0.5) is 5.69 Å². The van der Waals surface area contributed by atoms with Crippen molar-refractivity contribution in [1.82, 2.24) is 5.32 Å². The zero-order valence-electron chi connectivity index (χ0n) is 17.7. The Labute approximate surface area is 178 Å². The van der Waals surface area contributed by atoms with Crippen LogP contribution < -0.4 is 15.4 Å². The number of hydrogen-bond acceptors (Lipinski definition) is 3. The Morgan fingerprint density at radius 2 is 1.83 bits per heavy atom. The second-order valence-electron chi connectivity index (χ2n) is 8.82. The Balaban J connectivity index is 1.39. The maximum absolute atomic E-state index is 12.8. The van der Waals surface area contributed by atoms with Gasteiger partial charge in [-0.1, -0.05) is 24.6 Å². The van der Waals surface area contributed by atoms with Crippen molar-refractivity contribution < 1.29 is 14.3 Å². The smallest absolute Gasteiger partial charge is 0.255 e. The van der Waals surface area contributed by atoms with Gasteiger partial charge in [0.2, 0.25) is 5.91 Å². The molecule has 1 saturated carbocycles. The van der Waals surface area contributed by atoms with Crippen molar-refractivity contribution in [3.05, 3.63) is 59.2 Å². The highest BCUT2D eigenvalue weighted by molar-refractivity contribution is 6.04. The number of amides is 2. The van der Waals surface area contributed by atoms with Crippen LogP contribution in [0.3, 0.4) is 0 Å². The van der Waals surface area contributed by atoms with Crippen LogP contribution in [-0.2, 0) is 11.2 Å². The number of aryl methyl sites for hydroxylation is 1. The molecule has 2 aromatic carbocycles. The molecule has 5 heteroatoms. The van der Waals surface area contributed by atoms with Gasteiger partial charge in [-0.15, -0.1) is 0 Å². The first-order valence-electron chi connectivity index (χ1n) is 10.9. The minimum atomic E-state index is -0.195. The van der Waals surface area contributed by atoms with Crippen LogP contribution in [0.15, 0.2) is 42.5 Å². The van der Waals surface area contributed by atoms with Crippen molar-refractivity contribution in [2.45, 2.75) is 52.0 Å². The first-order chi connectivity index (χ1) is 14.5. The fourth-order valence-electron chi connectivity index (χ4n) is 4.35. The lowest BCUT2D eigenvalue weighted by atomic mass is 9.87. The molecule has 5 nitrogen and oxygen atoms in total. The van der Waals surface area contributed by atoms with E-state index in [2.05, 4.69) is 17.6 Å². The van der Waals surface area contributed by atoms with E-state index >= 15 is 0 Å². The van der Waals surface area contributed by atoms with Gasteiger partial charge < -0.3 is 15.4 Å². The molecule has 4 rings (SSSR count). The van der Waals surface area contributed by atoms with E-state index < -0.39 is 0 Å². The minimum absolute atomic E-state index is 0.0782. The summed E-state index contributed by atoms with van der Waals surface area (Å²) in [5.74, 6) is 1.29. The fourth-order valence-corrected chi connectivity index (χ4v) is 4.35. The summed E-state index contributed by atoms with van der Waals surface area (Å²) < 4.78 is 5.85. The van der Waals surface area contributed by atoms with Gasteiger partial charge in [-0.25, -0.2) is 0 Å². The van der Waals surface area contributed by atoms with Gasteiger partial charge in [0, 0.05) is 17.3 Å². The van der Waals surface area contributed by atoms with Crippen LogP contribution in [-0.4, -0.2) is 24.5 Å². The van der Waals surface area contributed by atoms with E-state index in [9.17, 15) is 9.59 Å². The quantitative estimate of drug-likeness (QED) is 0.786. The Morgan fingerprint density at radius 3 is 2.60 bits per heavy atom. The molecule has 158 valence electrons. The first kappa shape index (κ1) is 20.5. The lowest BCUT2D eigenvalue weighted by Gasteiger charge is -2.30. The number of carbonyl (C=O) groups is 2. The third-order valence-electron chi connectivity index (χ3n) is 6.24. The van der Waals surface area contributed by atoms with E-state index in [4.69, 9.17) is 4.74 Å². The fraction of sp³-hybridized carbons (Fsp3) is 0.440. The van der Waals surface area contributed by atoms with Gasteiger partial charge in [0.15, 0.2) is 0 Å². The number of carbonyl (C=O) groups excluding carboxylic acids is 2. The molecular formula is C25H30N2O3. The molecule has 30 heavy (non-hydrogen) atoms. The third kappa shape index (κ3) is 4.84. The Bertz CT molecular complexity index is 932. The molecule has 2 aliphatic rings. The minimum Gasteiger partial charge on any atom is -0.492 e. The van der Waals surface area contributed by atoms with Gasteiger partial charge in [0.25, 0.3) is 5.91 Å². The van der Waals surface area contributed by atoms with E-state index in [1.807, 2.05) is 43.3 Å². The maximum atomic E-state index is 12.8. The van der Waals surface area contributed by atoms with Crippen molar-refractivity contribution in [2.24, 2.45) is 11.8 Å². The molecule has 0 saturated heterocycles. The van der Waals surface area contributed by atoms with Crippen LogP contribution in [0.2, 0.25) is 0 Å². The molecular weight excluding hydrogens is 376 g/mol. The predicted molar refractivity (Wildman–Crippen MR) is 118 cm³/mol. The molecule has 2 N–H and O–H groups in total. The standard InChI is InChI=1S/C25H30N2O3/c1-16-6-8-21(9-7-16)26-25(29)20-13-19-14-22(10-11-23(19)30-15-20)27-24(28)18-5-3-4-17(2)12-18/h3-5,10-12,14,16,20-21H,6-9,13,15H2,1-2H3,(H,26,29)(H,27,28). The summed E-state index contributed by atoms with van der Waals surface area (Å²) in [5, 5.41) is 6.18. The Morgan fingerprint density at radius 1 is 1.03 bits per heavy atom. The van der Waals surface area contributed by atoms with Gasteiger partial charge in [0.1, 0.15) is 12.4 Å². The summed E-state index contributed by atoms with van der Waals surface area (Å²) in [6.45, 7) is 4.64. The molecule has 1 fully saturated rings. The van der Waals surface area contributed by atoms with Crippen molar-refractivity contribution in [3.63, 3.8) is 0 Å². The number of ether oxygens (including phenoxy) is 1. The Kier molecular flexibility index (Phi) is 6.07. The van der Waals surface area contributed by atoms with Crippen molar-refractivity contribution in [3.8, 4) is 5.75 Å². The second-order valence-corrected chi connectivity index (χ2v) is 8.82. The first-order valence-corrected chi connectivity index (χ1v) is 10.9. The molecule has 1 heterocycles. The molecule has 0 bridgehead atoms. The number of benzene rings is 2. The van der Waals surface area contributed by atoms with E-state index in [1.165, 1.54) is 12.8 Å². The van der Waals surface area contributed by atoms with Crippen molar-refractivity contribution in [1.29, 1.82) is 0 Å². The average molecular weight is 407 g/mol. The monoisotopic (exact) mass is 406 g/mol. The summed E-state index contributed by atoms with van der Waals surface area (Å²) in [4.78, 5) is 25.3. The van der Waals surface area contributed by atoms with Crippen LogP contribution in [0.5, 0.6) is 5.75 Å². The molecule has 0 spiro atoms. The van der Waals surface area contributed by atoms with Gasteiger partial charge in [0.05, 0.1) is 5.92 Å². The lowest BCUT2D eigenvalue weighted by molar-refractivity contribution is -0.127. The molecule has 1 aliphatic carbocycles. The van der Waals surface area contributed by atoms with Crippen LogP contribution in [0, 0.1) is 18.8 Å². The SMILES string of the molecule is Cc1cccc(C(=O)Nc2ccc3c(c2)CC(C(=O)NC2CCC(C)CC2)CO3)c1. The van der Waals surface area contributed by atoms with E-state index in [-0.39, 0.29) is 23.8 Å². The summed E-state index contributed by atoms with van der Waals surface area (Å²) in [7, 11) is 0. The number of anilines is 1. The van der Waals surface area contributed by atoms with E-state index in [1.54, 1.807) is 6.07 Å². The molecule has 2 amide bonds. The zero-order chi connectivity index (χ0) is 21.1. The Hall–Kier alpha value is -2.82. The molecule has 0 radical (unpaired) electrons. The molecule has 2 aromatic rings. The summed E-state index contributed by atoms with van der Waals surface area (Å²) in [5.41, 5.74) is 3.35. The summed E-state index contributed by atoms with van der Waals surface area (Å²) in [6, 6.07) is 13.4. The van der Waals surface area contributed by atoms with E-state index in [0.717, 1.165) is 35.6 Å². The van der Waals surface area contributed by atoms with Gasteiger partial charge in [-0.05, 0) is 80.8 Å². The molecule has 0 aromatic heterocycles. The second kappa shape index (κ2) is 8.90. The van der Waals surface area contributed by atoms with Crippen molar-refractivity contribution in [2.75, 3.05) is 11.9 Å². The number of nitrogens with one attached hydrogen (secondary N) is 2. The number of fused-ring (bicyclic) bond motifs is 1. The lowest BCUT2D eigenvalue weighted by Crippen LogP contribution is -2.43. The van der Waals surface area contributed by atoms with Gasteiger partial charge >= 0.3 is 0 Å².